The van der Waals surface area contributed by atoms with Crippen molar-refractivity contribution in [2.75, 3.05) is 43.2 Å². The fourth-order valence-corrected chi connectivity index (χ4v) is 5.62. The van der Waals surface area contributed by atoms with E-state index in [0.29, 0.717) is 65.3 Å². The van der Waals surface area contributed by atoms with Gasteiger partial charge in [0, 0.05) is 30.6 Å². The first kappa shape index (κ1) is 38.0. The van der Waals surface area contributed by atoms with Crippen LogP contribution in [-0.4, -0.2) is 61.1 Å². The van der Waals surface area contributed by atoms with Gasteiger partial charge in [0.2, 0.25) is 0 Å². The van der Waals surface area contributed by atoms with Gasteiger partial charge >= 0.3 is 12.1 Å². The van der Waals surface area contributed by atoms with E-state index < -0.39 is 24.1 Å². The van der Waals surface area contributed by atoms with E-state index in [-0.39, 0.29) is 29.8 Å². The first-order chi connectivity index (χ1) is 25.1. The number of unbranched alkanes of at least 4 members (excludes halogenated alkanes) is 1. The highest BCUT2D eigenvalue weighted by molar-refractivity contribution is 6.09. The monoisotopic (exact) mass is 717 g/mol. The maximum atomic E-state index is 13.7. The van der Waals surface area contributed by atoms with E-state index in [1.165, 1.54) is 12.1 Å². The van der Waals surface area contributed by atoms with Gasteiger partial charge in [0.15, 0.2) is 0 Å². The van der Waals surface area contributed by atoms with Crippen molar-refractivity contribution in [2.24, 2.45) is 0 Å². The van der Waals surface area contributed by atoms with Gasteiger partial charge in [-0.1, -0.05) is 50.6 Å². The lowest BCUT2D eigenvalue weighted by Gasteiger charge is -2.24. The normalized spacial score (nSPS) is 13.4. The number of amides is 2. The van der Waals surface area contributed by atoms with E-state index in [2.05, 4.69) is 17.2 Å². The number of hydrogen-bond donors (Lipinski definition) is 2. The Balaban J connectivity index is 1.34. The summed E-state index contributed by atoms with van der Waals surface area (Å²) >= 11 is 0. The molecule has 12 heteroatoms. The number of benzene rings is 3. The molecule has 0 fully saturated rings. The second-order valence-electron chi connectivity index (χ2n) is 12.2. The lowest BCUT2D eigenvalue weighted by atomic mass is 10.00. The smallest absolute Gasteiger partial charge is 0.471 e. The van der Waals surface area contributed by atoms with Crippen LogP contribution in [0.4, 0.5) is 24.5 Å². The van der Waals surface area contributed by atoms with Gasteiger partial charge in [-0.25, -0.2) is 0 Å². The Hall–Kier alpha value is -5.20. The number of fused-ring (bicyclic) bond motifs is 1. The van der Waals surface area contributed by atoms with Crippen molar-refractivity contribution in [1.29, 1.82) is 0 Å². The number of ether oxygens (including phenoxy) is 3. The molecule has 2 amide bonds. The van der Waals surface area contributed by atoms with Gasteiger partial charge in [-0.3, -0.25) is 14.6 Å². The van der Waals surface area contributed by atoms with Crippen molar-refractivity contribution in [3.63, 3.8) is 0 Å². The van der Waals surface area contributed by atoms with Gasteiger partial charge in [-0.2, -0.15) is 13.2 Å². The Bertz CT molecular complexity index is 1850. The van der Waals surface area contributed by atoms with Gasteiger partial charge < -0.3 is 29.5 Å². The minimum atomic E-state index is -5.11. The zero-order valence-electron chi connectivity index (χ0n) is 29.1. The van der Waals surface area contributed by atoms with Crippen LogP contribution in [0.5, 0.6) is 11.5 Å². The Morgan fingerprint density at radius 2 is 1.65 bits per heavy atom. The molecule has 2 heterocycles. The summed E-state index contributed by atoms with van der Waals surface area (Å²) in [6.07, 6.45) is -0.392. The number of nitrogens with one attached hydrogen (secondary N) is 1. The summed E-state index contributed by atoms with van der Waals surface area (Å²) in [6.45, 7) is 5.74. The zero-order valence-corrected chi connectivity index (χ0v) is 29.1. The van der Waals surface area contributed by atoms with Crippen molar-refractivity contribution in [1.82, 2.24) is 4.98 Å². The van der Waals surface area contributed by atoms with Gasteiger partial charge in [-0.15, -0.1) is 0 Å². The van der Waals surface area contributed by atoms with Gasteiger partial charge in [0.1, 0.15) is 29.9 Å². The standard InChI is InChI=1S/C40H42F3N3O6/c1-3-5-22-50-23-24-51-33-15-10-27(11-16-33)29-12-17-34-31(25-29)26-30(18-20-46(34)39(49)40(41,42)43)38(48)45-32-13-8-28(9-14-32)37(47)36-35(52-21-4-2)7-6-19-44-36/h6-17,19,25-26,37,47H,3-5,18,20-24H2,1-2H3,(H,45,48). The molecule has 0 saturated carbocycles. The number of aliphatic hydroxyl groups is 1. The second kappa shape index (κ2) is 17.8. The van der Waals surface area contributed by atoms with Crippen molar-refractivity contribution in [3.05, 3.63) is 107 Å². The Morgan fingerprint density at radius 3 is 2.37 bits per heavy atom. The SMILES string of the molecule is CCCCOCCOc1ccc(-c2ccc3c(c2)C=C(C(=O)Nc2ccc(C(O)c4ncccc4OCCC)cc2)CCN3C(=O)C(F)(F)F)cc1. The minimum Gasteiger partial charge on any atom is -0.492 e. The number of halogens is 3. The molecule has 3 aromatic carbocycles. The van der Waals surface area contributed by atoms with Gasteiger partial charge in [0.05, 0.1) is 18.9 Å². The summed E-state index contributed by atoms with van der Waals surface area (Å²) in [6, 6.07) is 22.0. The summed E-state index contributed by atoms with van der Waals surface area (Å²) in [5.74, 6) is -1.43. The summed E-state index contributed by atoms with van der Waals surface area (Å²) in [4.78, 5) is 31.0. The molecule has 0 radical (unpaired) electrons. The maximum absolute atomic E-state index is 13.7. The second-order valence-corrected chi connectivity index (χ2v) is 12.2. The lowest BCUT2D eigenvalue weighted by Crippen LogP contribution is -2.42. The zero-order chi connectivity index (χ0) is 37.1. The predicted octanol–water partition coefficient (Wildman–Crippen LogP) is 8.14. The Labute approximate surface area is 301 Å². The van der Waals surface area contributed by atoms with Crippen LogP contribution in [0.2, 0.25) is 0 Å². The molecule has 0 bridgehead atoms. The van der Waals surface area contributed by atoms with Crippen LogP contribution >= 0.6 is 0 Å². The van der Waals surface area contributed by atoms with Crippen molar-refractivity contribution in [3.8, 4) is 22.6 Å². The van der Waals surface area contributed by atoms with E-state index in [0.717, 1.165) is 24.8 Å². The first-order valence-electron chi connectivity index (χ1n) is 17.3. The highest BCUT2D eigenvalue weighted by atomic mass is 19.4. The van der Waals surface area contributed by atoms with Crippen LogP contribution in [-0.2, 0) is 14.3 Å². The number of rotatable bonds is 15. The van der Waals surface area contributed by atoms with Crippen LogP contribution in [0.3, 0.4) is 0 Å². The molecule has 5 rings (SSSR count). The number of anilines is 2. The van der Waals surface area contributed by atoms with Crippen molar-refractivity contribution < 1.29 is 42.1 Å². The molecular formula is C40H42F3N3O6. The van der Waals surface area contributed by atoms with E-state index in [1.807, 2.05) is 19.1 Å². The molecule has 52 heavy (non-hydrogen) atoms. The van der Waals surface area contributed by atoms with Crippen molar-refractivity contribution in [2.45, 2.75) is 51.8 Å². The number of carbonyl (C=O) groups is 2. The van der Waals surface area contributed by atoms with Crippen LogP contribution in [0, 0.1) is 0 Å². The maximum Gasteiger partial charge on any atom is 0.471 e. The molecule has 1 aliphatic rings. The van der Waals surface area contributed by atoms with Crippen LogP contribution < -0.4 is 19.7 Å². The average molecular weight is 718 g/mol. The molecule has 1 aromatic heterocycles. The third-order valence-electron chi connectivity index (χ3n) is 8.36. The molecule has 9 nitrogen and oxygen atoms in total. The number of pyridine rings is 1. The van der Waals surface area contributed by atoms with Gasteiger partial charge in [0.25, 0.3) is 5.91 Å². The summed E-state index contributed by atoms with van der Waals surface area (Å²) in [5.41, 5.74) is 3.26. The third-order valence-corrected chi connectivity index (χ3v) is 8.36. The molecular weight excluding hydrogens is 675 g/mol. The number of hydrogen-bond acceptors (Lipinski definition) is 7. The molecule has 4 aromatic rings. The fraction of sp³-hybridized carbons (Fsp3) is 0.325. The van der Waals surface area contributed by atoms with Gasteiger partial charge in [-0.05, 0) is 96.1 Å². The molecule has 1 unspecified atom stereocenters. The van der Waals surface area contributed by atoms with Crippen molar-refractivity contribution >= 4 is 29.3 Å². The number of aliphatic hydroxyl groups excluding tert-OH is 1. The number of aromatic nitrogens is 1. The fourth-order valence-electron chi connectivity index (χ4n) is 5.62. The van der Waals surface area contributed by atoms with E-state index >= 15 is 0 Å². The third kappa shape index (κ3) is 9.77. The summed E-state index contributed by atoms with van der Waals surface area (Å²) in [7, 11) is 0. The molecule has 1 atom stereocenters. The Kier molecular flexibility index (Phi) is 13.0. The molecule has 2 N–H and O–H groups in total. The summed E-state index contributed by atoms with van der Waals surface area (Å²) < 4.78 is 58.1. The topological polar surface area (TPSA) is 110 Å². The van der Waals surface area contributed by atoms with Crippen LogP contribution in [0.15, 0.2) is 90.6 Å². The minimum absolute atomic E-state index is 0.0482. The largest absolute Gasteiger partial charge is 0.492 e. The predicted molar refractivity (Wildman–Crippen MR) is 193 cm³/mol. The molecule has 274 valence electrons. The molecule has 0 saturated heterocycles. The highest BCUT2D eigenvalue weighted by Gasteiger charge is 2.44. The Morgan fingerprint density at radius 1 is 0.904 bits per heavy atom. The van der Waals surface area contributed by atoms with E-state index in [1.54, 1.807) is 66.9 Å². The molecule has 0 aliphatic carbocycles. The van der Waals surface area contributed by atoms with E-state index in [4.69, 9.17) is 14.2 Å². The lowest BCUT2D eigenvalue weighted by molar-refractivity contribution is -0.170. The molecule has 1 aliphatic heterocycles. The first-order valence-corrected chi connectivity index (χ1v) is 17.3. The number of nitrogens with zero attached hydrogens (tertiary/aromatic N) is 2. The molecule has 0 spiro atoms. The number of alkyl halides is 3. The van der Waals surface area contributed by atoms with E-state index in [9.17, 15) is 27.9 Å². The quantitative estimate of drug-likeness (QED) is 0.120. The summed E-state index contributed by atoms with van der Waals surface area (Å²) in [5, 5.41) is 13.8. The highest BCUT2D eigenvalue weighted by Crippen LogP contribution is 2.36. The van der Waals surface area contributed by atoms with Crippen LogP contribution in [0.1, 0.15) is 62.5 Å². The van der Waals surface area contributed by atoms with Crippen LogP contribution in [0.25, 0.3) is 17.2 Å². The average Bonchev–Trinajstić information content (AvgIpc) is 3.34. The number of carbonyl (C=O) groups excluding carboxylic acids is 2.